The molecule has 0 aliphatic carbocycles. The van der Waals surface area contributed by atoms with Crippen molar-refractivity contribution in [1.29, 1.82) is 0 Å². The van der Waals surface area contributed by atoms with Gasteiger partial charge in [0, 0.05) is 42.7 Å². The van der Waals surface area contributed by atoms with Crippen LogP contribution in [0.2, 0.25) is 0 Å². The van der Waals surface area contributed by atoms with Crippen LogP contribution in [0, 0.1) is 5.92 Å². The Morgan fingerprint density at radius 3 is 2.45 bits per heavy atom. The fourth-order valence-corrected chi connectivity index (χ4v) is 6.32. The molecule has 236 valence electrons. The Morgan fingerprint density at radius 2 is 1.77 bits per heavy atom. The average Bonchev–Trinajstić information content (AvgIpc) is 3.36. The Kier molecular flexibility index (Phi) is 9.55. The second-order valence-corrected chi connectivity index (χ2v) is 12.9. The van der Waals surface area contributed by atoms with Gasteiger partial charge in [-0.3, -0.25) is 19.8 Å². The van der Waals surface area contributed by atoms with Crippen molar-refractivity contribution < 1.29 is 24.2 Å². The van der Waals surface area contributed by atoms with E-state index < -0.39 is 17.9 Å². The lowest BCUT2D eigenvalue weighted by Crippen LogP contribution is -2.45. The summed E-state index contributed by atoms with van der Waals surface area (Å²) >= 11 is 0. The van der Waals surface area contributed by atoms with Gasteiger partial charge in [0.15, 0.2) is 0 Å². The zero-order valence-electron chi connectivity index (χ0n) is 26.1. The average molecular weight is 605 g/mol. The summed E-state index contributed by atoms with van der Waals surface area (Å²) in [7, 11) is 0. The maximum Gasteiger partial charge on any atom is 0.413 e. The van der Waals surface area contributed by atoms with Crippen LogP contribution in [0.3, 0.4) is 0 Å². The predicted molar refractivity (Wildman–Crippen MR) is 168 cm³/mol. The highest BCUT2D eigenvalue weighted by molar-refractivity contribution is 6.01. The van der Waals surface area contributed by atoms with Crippen LogP contribution in [-0.2, 0) is 16.1 Å². The van der Waals surface area contributed by atoms with Gasteiger partial charge in [-0.15, -0.1) is 0 Å². The molecule has 3 aromatic rings. The molecule has 4 heterocycles. The van der Waals surface area contributed by atoms with Crippen LogP contribution in [0.4, 0.5) is 10.6 Å². The number of aromatic nitrogens is 2. The highest BCUT2D eigenvalue weighted by Crippen LogP contribution is 2.37. The summed E-state index contributed by atoms with van der Waals surface area (Å²) in [6, 6.07) is 11.7. The molecule has 5 rings (SSSR count). The first-order chi connectivity index (χ1) is 21.0. The monoisotopic (exact) mass is 604 g/mol. The number of pyridine rings is 1. The number of carbonyl (C=O) groups excluding carboxylic acids is 3. The summed E-state index contributed by atoms with van der Waals surface area (Å²) < 4.78 is 5.32. The number of hydrogen-bond donors (Lipinski definition) is 4. The van der Waals surface area contributed by atoms with Crippen LogP contribution in [0.15, 0.2) is 42.6 Å². The van der Waals surface area contributed by atoms with Gasteiger partial charge >= 0.3 is 6.09 Å². The minimum atomic E-state index is -0.948. The van der Waals surface area contributed by atoms with Crippen molar-refractivity contribution in [1.82, 2.24) is 25.1 Å². The fraction of sp³-hybridized carbons (Fsp3) is 0.515. The molecule has 2 fully saturated rings. The van der Waals surface area contributed by atoms with E-state index in [1.807, 2.05) is 62.1 Å². The number of piperidine rings is 2. The molecular weight excluding hydrogens is 560 g/mol. The quantitative estimate of drug-likeness (QED) is 0.289. The van der Waals surface area contributed by atoms with Crippen LogP contribution >= 0.6 is 0 Å². The summed E-state index contributed by atoms with van der Waals surface area (Å²) in [4.78, 5) is 50.4. The number of aliphatic hydroxyl groups excluding tert-OH is 1. The minimum Gasteiger partial charge on any atom is -0.444 e. The maximum atomic E-state index is 13.5. The van der Waals surface area contributed by atoms with Gasteiger partial charge in [-0.1, -0.05) is 18.2 Å². The molecule has 0 radical (unpaired) electrons. The number of anilines is 1. The first-order valence-electron chi connectivity index (χ1n) is 15.5. The van der Waals surface area contributed by atoms with E-state index in [1.54, 1.807) is 6.20 Å². The zero-order chi connectivity index (χ0) is 31.4. The number of aromatic amines is 1. The number of nitrogens with zero attached hydrogens (tertiary/aromatic N) is 3. The van der Waals surface area contributed by atoms with Crippen molar-refractivity contribution in [2.75, 3.05) is 31.5 Å². The molecule has 1 aromatic carbocycles. The lowest BCUT2D eigenvalue weighted by Gasteiger charge is -2.37. The van der Waals surface area contributed by atoms with E-state index in [4.69, 9.17) is 4.74 Å². The molecule has 0 saturated carbocycles. The van der Waals surface area contributed by atoms with E-state index in [0.717, 1.165) is 60.8 Å². The topological polar surface area (TPSA) is 140 Å². The molecule has 11 nitrogen and oxygen atoms in total. The third-order valence-corrected chi connectivity index (χ3v) is 8.32. The van der Waals surface area contributed by atoms with Crippen LogP contribution in [0.25, 0.3) is 10.9 Å². The molecule has 2 aliphatic heterocycles. The summed E-state index contributed by atoms with van der Waals surface area (Å²) in [5, 5.41) is 16.0. The Labute approximate surface area is 258 Å². The van der Waals surface area contributed by atoms with Gasteiger partial charge in [0.05, 0.1) is 0 Å². The van der Waals surface area contributed by atoms with Crippen molar-refractivity contribution in [2.24, 2.45) is 5.92 Å². The number of nitrogens with one attached hydrogen (secondary N) is 3. The van der Waals surface area contributed by atoms with Crippen molar-refractivity contribution in [3.8, 4) is 0 Å². The second kappa shape index (κ2) is 13.4. The standard InChI is InChI=1S/C33H44N6O5/c1-21(40)35-30(41)29-28(25-7-5-6-8-26(25)36-29)23-12-17-39(18-13-23)31(42)24-10-15-38(16-11-24)20-22-9-14-34-27(19-22)37-32(43)44-33(2,3)4/h5-9,14,19,21,23-24,36,40H,10-13,15-18,20H2,1-4H3,(H,35,41)(H,34,37,43). The Bertz CT molecular complexity index is 1480. The van der Waals surface area contributed by atoms with Crippen molar-refractivity contribution in [3.05, 3.63) is 59.4 Å². The number of rotatable bonds is 7. The van der Waals surface area contributed by atoms with Crippen LogP contribution in [0.5, 0.6) is 0 Å². The SMILES string of the molecule is CC(O)NC(=O)c1[nH]c2ccccc2c1C1CCN(C(=O)C2CCN(Cc3ccnc(NC(=O)OC(C)(C)C)c3)CC2)CC1. The number of amides is 3. The summed E-state index contributed by atoms with van der Waals surface area (Å²) in [5.41, 5.74) is 2.81. The largest absolute Gasteiger partial charge is 0.444 e. The van der Waals surface area contributed by atoms with Crippen LogP contribution in [-0.4, -0.2) is 80.8 Å². The minimum absolute atomic E-state index is 0.00473. The molecule has 1 unspecified atom stereocenters. The number of para-hydroxylation sites is 1. The van der Waals surface area contributed by atoms with E-state index in [0.29, 0.717) is 31.1 Å². The molecule has 3 amide bonds. The van der Waals surface area contributed by atoms with Crippen LogP contribution < -0.4 is 10.6 Å². The van der Waals surface area contributed by atoms with Crippen LogP contribution in [0.1, 0.15) is 80.9 Å². The molecular formula is C33H44N6O5. The first kappa shape index (κ1) is 31.5. The predicted octanol–water partition coefficient (Wildman–Crippen LogP) is 4.60. The van der Waals surface area contributed by atoms with Gasteiger partial charge in [-0.2, -0.15) is 0 Å². The molecule has 1 atom stereocenters. The van der Waals surface area contributed by atoms with Gasteiger partial charge in [-0.05, 0) is 102 Å². The molecule has 0 spiro atoms. The third kappa shape index (κ3) is 7.75. The third-order valence-electron chi connectivity index (χ3n) is 8.32. The smallest absolute Gasteiger partial charge is 0.413 e. The highest BCUT2D eigenvalue weighted by atomic mass is 16.6. The number of benzene rings is 1. The molecule has 0 bridgehead atoms. The second-order valence-electron chi connectivity index (χ2n) is 12.9. The van der Waals surface area contributed by atoms with E-state index in [9.17, 15) is 19.5 Å². The molecule has 4 N–H and O–H groups in total. The normalized spacial score (nSPS) is 17.8. The van der Waals surface area contributed by atoms with Crippen molar-refractivity contribution in [2.45, 2.75) is 77.7 Å². The number of fused-ring (bicyclic) bond motifs is 1. The lowest BCUT2D eigenvalue weighted by atomic mass is 9.86. The van der Waals surface area contributed by atoms with Gasteiger partial charge in [0.1, 0.15) is 23.3 Å². The number of hydrogen-bond acceptors (Lipinski definition) is 7. The number of ether oxygens (including phenoxy) is 1. The molecule has 11 heteroatoms. The highest BCUT2D eigenvalue weighted by Gasteiger charge is 2.33. The molecule has 2 aliphatic rings. The summed E-state index contributed by atoms with van der Waals surface area (Å²) in [5.74, 6) is 0.501. The Balaban J connectivity index is 1.13. The van der Waals surface area contributed by atoms with Gasteiger partial charge in [-0.25, -0.2) is 9.78 Å². The van der Waals surface area contributed by atoms with Gasteiger partial charge < -0.3 is 25.0 Å². The number of likely N-dealkylation sites (tertiary alicyclic amines) is 2. The van der Waals surface area contributed by atoms with E-state index in [-0.39, 0.29) is 23.7 Å². The first-order valence-corrected chi connectivity index (χ1v) is 15.5. The van der Waals surface area contributed by atoms with E-state index >= 15 is 0 Å². The Hall–Kier alpha value is -3.96. The fourth-order valence-electron chi connectivity index (χ4n) is 6.32. The van der Waals surface area contributed by atoms with Gasteiger partial charge in [0.2, 0.25) is 5.91 Å². The molecule has 44 heavy (non-hydrogen) atoms. The van der Waals surface area contributed by atoms with E-state index in [1.165, 1.54) is 6.92 Å². The summed E-state index contributed by atoms with van der Waals surface area (Å²) in [6.07, 6.45) is 3.37. The van der Waals surface area contributed by atoms with Crippen molar-refractivity contribution in [3.63, 3.8) is 0 Å². The molecule has 2 saturated heterocycles. The van der Waals surface area contributed by atoms with Gasteiger partial charge in [0.25, 0.3) is 5.91 Å². The zero-order valence-corrected chi connectivity index (χ0v) is 26.1. The maximum absolute atomic E-state index is 13.5. The number of H-pyrrole nitrogens is 1. The Morgan fingerprint density at radius 1 is 1.07 bits per heavy atom. The molecule has 2 aromatic heterocycles. The van der Waals surface area contributed by atoms with E-state index in [2.05, 4.69) is 25.5 Å². The lowest BCUT2D eigenvalue weighted by molar-refractivity contribution is -0.138. The number of aliphatic hydroxyl groups is 1. The summed E-state index contributed by atoms with van der Waals surface area (Å²) in [6.45, 7) is 10.6. The number of carbonyl (C=O) groups is 3. The van der Waals surface area contributed by atoms with Crippen molar-refractivity contribution >= 4 is 34.6 Å².